The minimum absolute atomic E-state index is 0.160. The Hall–Kier alpha value is -0.910. The van der Waals surface area contributed by atoms with Gasteiger partial charge in [-0.1, -0.05) is 6.92 Å². The molecule has 1 saturated heterocycles. The molecule has 1 aromatic rings. The molecule has 102 valence electrons. The lowest BCUT2D eigenvalue weighted by Gasteiger charge is -2.28. The lowest BCUT2D eigenvalue weighted by atomic mass is 10.2. The molecule has 2 unspecified atom stereocenters. The van der Waals surface area contributed by atoms with Crippen molar-refractivity contribution in [1.29, 1.82) is 0 Å². The third-order valence-electron chi connectivity index (χ3n) is 3.17. The molecule has 0 bridgehead atoms. The van der Waals surface area contributed by atoms with Crippen molar-refractivity contribution in [1.82, 2.24) is 15.1 Å². The summed E-state index contributed by atoms with van der Waals surface area (Å²) in [5.74, 6) is 0. The maximum absolute atomic E-state index is 5.77. The van der Waals surface area contributed by atoms with Gasteiger partial charge in [0.25, 0.3) is 0 Å². The monoisotopic (exact) mass is 253 g/mol. The standard InChI is InChI=1S/C13H23N3O2/c1-4-11-5-12(16(3)15-11)8-17-9-13-7-14-6-10(2)18-13/h5,10,13-14H,4,6-9H2,1-3H3. The summed E-state index contributed by atoms with van der Waals surface area (Å²) in [4.78, 5) is 0. The van der Waals surface area contributed by atoms with Crippen LogP contribution in [0.2, 0.25) is 0 Å². The van der Waals surface area contributed by atoms with Crippen molar-refractivity contribution in [3.8, 4) is 0 Å². The van der Waals surface area contributed by atoms with Crippen LogP contribution in [0.15, 0.2) is 6.07 Å². The highest BCUT2D eigenvalue weighted by Crippen LogP contribution is 2.08. The van der Waals surface area contributed by atoms with Gasteiger partial charge < -0.3 is 14.8 Å². The highest BCUT2D eigenvalue weighted by Gasteiger charge is 2.18. The summed E-state index contributed by atoms with van der Waals surface area (Å²) in [6.45, 7) is 7.21. The van der Waals surface area contributed by atoms with Crippen molar-refractivity contribution in [2.45, 2.75) is 39.1 Å². The molecule has 1 aliphatic heterocycles. The van der Waals surface area contributed by atoms with E-state index in [1.54, 1.807) is 0 Å². The number of hydrogen-bond donors (Lipinski definition) is 1. The third-order valence-corrected chi connectivity index (χ3v) is 3.17. The number of hydrogen-bond acceptors (Lipinski definition) is 4. The van der Waals surface area contributed by atoms with Crippen molar-refractivity contribution in [3.63, 3.8) is 0 Å². The molecule has 5 heteroatoms. The van der Waals surface area contributed by atoms with Gasteiger partial charge in [0, 0.05) is 20.1 Å². The van der Waals surface area contributed by atoms with Crippen LogP contribution >= 0.6 is 0 Å². The van der Waals surface area contributed by atoms with Crippen molar-refractivity contribution in [3.05, 3.63) is 17.5 Å². The number of rotatable bonds is 5. The topological polar surface area (TPSA) is 48.3 Å². The smallest absolute Gasteiger partial charge is 0.0936 e. The molecule has 1 aromatic heterocycles. The van der Waals surface area contributed by atoms with Gasteiger partial charge in [0.15, 0.2) is 0 Å². The molecule has 0 amide bonds. The van der Waals surface area contributed by atoms with Gasteiger partial charge in [-0.25, -0.2) is 0 Å². The van der Waals surface area contributed by atoms with E-state index in [-0.39, 0.29) is 12.2 Å². The molecule has 2 rings (SSSR count). The first-order valence-electron chi connectivity index (χ1n) is 6.64. The van der Waals surface area contributed by atoms with Gasteiger partial charge in [0.1, 0.15) is 0 Å². The zero-order valence-corrected chi connectivity index (χ0v) is 11.5. The Morgan fingerprint density at radius 1 is 1.56 bits per heavy atom. The van der Waals surface area contributed by atoms with Crippen LogP contribution in [0, 0.1) is 0 Å². The first kappa shape index (κ1) is 13.5. The fourth-order valence-corrected chi connectivity index (χ4v) is 2.14. The third kappa shape index (κ3) is 3.54. The van der Waals surface area contributed by atoms with Crippen LogP contribution in [-0.2, 0) is 29.5 Å². The highest BCUT2D eigenvalue weighted by atomic mass is 16.5. The molecular formula is C13H23N3O2. The summed E-state index contributed by atoms with van der Waals surface area (Å²) in [6.07, 6.45) is 1.39. The number of nitrogens with zero attached hydrogens (tertiary/aromatic N) is 2. The fourth-order valence-electron chi connectivity index (χ4n) is 2.14. The molecule has 18 heavy (non-hydrogen) atoms. The first-order valence-corrected chi connectivity index (χ1v) is 6.64. The minimum atomic E-state index is 0.160. The fraction of sp³-hybridized carbons (Fsp3) is 0.769. The lowest BCUT2D eigenvalue weighted by Crippen LogP contribution is -2.45. The molecule has 1 aliphatic rings. The molecule has 1 N–H and O–H groups in total. The molecule has 0 aliphatic carbocycles. The van der Waals surface area contributed by atoms with Gasteiger partial charge in [0.2, 0.25) is 0 Å². The zero-order chi connectivity index (χ0) is 13.0. The van der Waals surface area contributed by atoms with Gasteiger partial charge in [-0.05, 0) is 19.4 Å². The Balaban J connectivity index is 1.75. The number of aromatic nitrogens is 2. The van der Waals surface area contributed by atoms with Crippen LogP contribution in [0.25, 0.3) is 0 Å². The highest BCUT2D eigenvalue weighted by molar-refractivity contribution is 5.09. The average Bonchev–Trinajstić information content (AvgIpc) is 2.71. The van der Waals surface area contributed by atoms with E-state index in [1.165, 1.54) is 0 Å². The molecular weight excluding hydrogens is 230 g/mol. The van der Waals surface area contributed by atoms with Crippen LogP contribution in [0.5, 0.6) is 0 Å². The molecule has 0 spiro atoms. The van der Waals surface area contributed by atoms with Gasteiger partial charge in [-0.3, -0.25) is 4.68 Å². The summed E-state index contributed by atoms with van der Waals surface area (Å²) >= 11 is 0. The van der Waals surface area contributed by atoms with Crippen LogP contribution in [0.4, 0.5) is 0 Å². The van der Waals surface area contributed by atoms with Crippen molar-refractivity contribution in [2.75, 3.05) is 19.7 Å². The Labute approximate surface area is 108 Å². The van der Waals surface area contributed by atoms with Gasteiger partial charge in [0.05, 0.1) is 36.8 Å². The molecule has 2 heterocycles. The van der Waals surface area contributed by atoms with E-state index in [9.17, 15) is 0 Å². The summed E-state index contributed by atoms with van der Waals surface area (Å²) in [7, 11) is 1.96. The molecule has 0 radical (unpaired) electrons. The molecule has 0 saturated carbocycles. The summed E-state index contributed by atoms with van der Waals surface area (Å²) in [5.41, 5.74) is 2.23. The van der Waals surface area contributed by atoms with Crippen LogP contribution < -0.4 is 5.32 Å². The van der Waals surface area contributed by atoms with Crippen molar-refractivity contribution in [2.24, 2.45) is 7.05 Å². The Bertz CT molecular complexity index is 378. The largest absolute Gasteiger partial charge is 0.372 e. The van der Waals surface area contributed by atoms with Crippen LogP contribution in [0.1, 0.15) is 25.2 Å². The van der Waals surface area contributed by atoms with E-state index in [2.05, 4.69) is 30.3 Å². The second kappa shape index (κ2) is 6.31. The van der Waals surface area contributed by atoms with E-state index in [4.69, 9.17) is 9.47 Å². The van der Waals surface area contributed by atoms with E-state index >= 15 is 0 Å². The summed E-state index contributed by atoms with van der Waals surface area (Å²) < 4.78 is 13.4. The van der Waals surface area contributed by atoms with E-state index in [0.29, 0.717) is 13.2 Å². The summed E-state index contributed by atoms with van der Waals surface area (Å²) in [5, 5.41) is 7.74. The molecule has 5 nitrogen and oxygen atoms in total. The molecule has 0 aromatic carbocycles. The number of morpholine rings is 1. The zero-order valence-electron chi connectivity index (χ0n) is 11.5. The normalized spacial score (nSPS) is 24.4. The summed E-state index contributed by atoms with van der Waals surface area (Å²) in [6, 6.07) is 2.10. The number of nitrogens with one attached hydrogen (secondary N) is 1. The SMILES string of the molecule is CCc1cc(COCC2CNCC(C)O2)n(C)n1. The van der Waals surface area contributed by atoms with Crippen molar-refractivity contribution < 1.29 is 9.47 Å². The minimum Gasteiger partial charge on any atom is -0.372 e. The van der Waals surface area contributed by atoms with Gasteiger partial charge in [-0.2, -0.15) is 5.10 Å². The second-order valence-corrected chi connectivity index (χ2v) is 4.85. The first-order chi connectivity index (χ1) is 8.69. The maximum atomic E-state index is 5.77. The Morgan fingerprint density at radius 2 is 2.39 bits per heavy atom. The Kier molecular flexibility index (Phi) is 4.74. The predicted octanol–water partition coefficient (Wildman–Crippen LogP) is 0.876. The van der Waals surface area contributed by atoms with Crippen LogP contribution in [0.3, 0.4) is 0 Å². The molecule has 1 fully saturated rings. The second-order valence-electron chi connectivity index (χ2n) is 4.85. The average molecular weight is 253 g/mol. The van der Waals surface area contributed by atoms with Crippen molar-refractivity contribution >= 4 is 0 Å². The predicted molar refractivity (Wildman–Crippen MR) is 69.4 cm³/mol. The van der Waals surface area contributed by atoms with E-state index in [0.717, 1.165) is 30.9 Å². The van der Waals surface area contributed by atoms with Gasteiger partial charge in [-0.15, -0.1) is 0 Å². The quantitative estimate of drug-likeness (QED) is 0.846. The number of ether oxygens (including phenoxy) is 2. The Morgan fingerprint density at radius 3 is 3.06 bits per heavy atom. The van der Waals surface area contributed by atoms with E-state index in [1.807, 2.05) is 11.7 Å². The number of aryl methyl sites for hydroxylation is 2. The van der Waals surface area contributed by atoms with Crippen LogP contribution in [-0.4, -0.2) is 41.7 Å². The maximum Gasteiger partial charge on any atom is 0.0936 e. The van der Waals surface area contributed by atoms with E-state index < -0.39 is 0 Å². The van der Waals surface area contributed by atoms with Gasteiger partial charge >= 0.3 is 0 Å². The lowest BCUT2D eigenvalue weighted by molar-refractivity contribution is -0.0722. The molecule has 2 atom stereocenters.